The van der Waals surface area contributed by atoms with Crippen molar-refractivity contribution < 1.29 is 9.59 Å². The zero-order chi connectivity index (χ0) is 20.4. The first kappa shape index (κ1) is 20.0. The van der Waals surface area contributed by atoms with Crippen LogP contribution in [0.5, 0.6) is 0 Å². The summed E-state index contributed by atoms with van der Waals surface area (Å²) in [5.41, 5.74) is 1.48. The maximum atomic E-state index is 12.8. The number of piperidine rings is 3. The Morgan fingerprint density at radius 2 is 1.76 bits per heavy atom. The normalized spacial score (nSPS) is 25.4. The highest BCUT2D eigenvalue weighted by Gasteiger charge is 2.40. The number of nitrogens with one attached hydrogen (secondary N) is 2. The zero-order valence-electron chi connectivity index (χ0n) is 16.9. The molecule has 3 saturated heterocycles. The summed E-state index contributed by atoms with van der Waals surface area (Å²) in [7, 11) is 0. The van der Waals surface area contributed by atoms with Gasteiger partial charge in [0.15, 0.2) is 0 Å². The molecule has 2 N–H and O–H groups in total. The number of hydrogen-bond acceptors (Lipinski definition) is 4. The second kappa shape index (κ2) is 8.59. The van der Waals surface area contributed by atoms with E-state index < -0.39 is 0 Å². The van der Waals surface area contributed by atoms with E-state index in [1.165, 1.54) is 19.8 Å². The molecule has 5 nitrogen and oxygen atoms in total. The van der Waals surface area contributed by atoms with Gasteiger partial charge in [-0.15, -0.1) is 0 Å². The first-order chi connectivity index (χ1) is 14.0. The molecular weight excluding hydrogens is 382 g/mol. The van der Waals surface area contributed by atoms with Crippen LogP contribution in [0.4, 0.5) is 5.69 Å². The molecule has 2 atom stereocenters. The van der Waals surface area contributed by atoms with Gasteiger partial charge in [0.05, 0.1) is 0 Å². The lowest BCUT2D eigenvalue weighted by Gasteiger charge is -2.49. The van der Waals surface area contributed by atoms with E-state index in [0.717, 1.165) is 28.6 Å². The summed E-state index contributed by atoms with van der Waals surface area (Å²) in [6.45, 7) is 6.05. The van der Waals surface area contributed by atoms with Crippen LogP contribution in [0.2, 0.25) is 0 Å². The van der Waals surface area contributed by atoms with Crippen LogP contribution in [0.1, 0.15) is 37.0 Å². The van der Waals surface area contributed by atoms with Crippen molar-refractivity contribution in [2.24, 2.45) is 5.92 Å². The van der Waals surface area contributed by atoms with Crippen molar-refractivity contribution >= 4 is 29.3 Å². The Morgan fingerprint density at radius 3 is 2.41 bits per heavy atom. The highest BCUT2D eigenvalue weighted by Crippen LogP contribution is 2.33. The summed E-state index contributed by atoms with van der Waals surface area (Å²) < 4.78 is 0. The quantitative estimate of drug-likeness (QED) is 0.783. The molecule has 5 rings (SSSR count). The third kappa shape index (κ3) is 4.65. The van der Waals surface area contributed by atoms with Crippen molar-refractivity contribution in [3.63, 3.8) is 0 Å². The lowest BCUT2D eigenvalue weighted by Crippen LogP contribution is -2.62. The Hall–Kier alpha value is -2.31. The lowest BCUT2D eigenvalue weighted by atomic mass is 9.79. The Kier molecular flexibility index (Phi) is 5.92. The van der Waals surface area contributed by atoms with E-state index in [2.05, 4.69) is 22.5 Å². The fourth-order valence-corrected chi connectivity index (χ4v) is 5.31. The van der Waals surface area contributed by atoms with Crippen molar-refractivity contribution in [1.82, 2.24) is 10.2 Å². The number of carbonyl (C=O) groups is 2. The van der Waals surface area contributed by atoms with E-state index in [1.807, 2.05) is 48.5 Å². The SMILES string of the molecule is CC(=O)Nc1cccc(Sc2ccc(C(=O)N[C@@H]3C4CCN(CC4)[C@H]3C)cc2)c1. The average molecular weight is 410 g/mol. The molecule has 2 aromatic rings. The molecule has 0 spiro atoms. The van der Waals surface area contributed by atoms with Gasteiger partial charge in [0, 0.05) is 40.0 Å². The highest BCUT2D eigenvalue weighted by atomic mass is 32.2. The molecule has 3 heterocycles. The fraction of sp³-hybridized carbons (Fsp3) is 0.391. The van der Waals surface area contributed by atoms with Crippen molar-refractivity contribution in [3.05, 3.63) is 54.1 Å². The predicted octanol–water partition coefficient (Wildman–Crippen LogP) is 4.01. The first-order valence-corrected chi connectivity index (χ1v) is 11.0. The lowest BCUT2D eigenvalue weighted by molar-refractivity contribution is -0.114. The number of amides is 2. The van der Waals surface area contributed by atoms with Crippen molar-refractivity contribution in [2.75, 3.05) is 18.4 Å². The van der Waals surface area contributed by atoms with Crippen molar-refractivity contribution in [1.29, 1.82) is 0 Å². The topological polar surface area (TPSA) is 61.4 Å². The van der Waals surface area contributed by atoms with E-state index in [1.54, 1.807) is 11.8 Å². The second-order valence-corrected chi connectivity index (χ2v) is 9.10. The first-order valence-electron chi connectivity index (χ1n) is 10.2. The molecule has 0 saturated carbocycles. The Morgan fingerprint density at radius 1 is 1.03 bits per heavy atom. The molecule has 0 aliphatic carbocycles. The molecule has 152 valence electrons. The summed E-state index contributed by atoms with van der Waals surface area (Å²) in [6.07, 6.45) is 2.37. The molecule has 0 radical (unpaired) electrons. The molecular formula is C23H27N3O2S. The van der Waals surface area contributed by atoms with Crippen LogP contribution in [0.15, 0.2) is 58.3 Å². The monoisotopic (exact) mass is 409 g/mol. The summed E-state index contributed by atoms with van der Waals surface area (Å²) >= 11 is 1.61. The molecule has 2 bridgehead atoms. The van der Waals surface area contributed by atoms with Gasteiger partial charge in [0.1, 0.15) is 0 Å². The van der Waals surface area contributed by atoms with E-state index in [0.29, 0.717) is 17.5 Å². The number of nitrogens with zero attached hydrogens (tertiary/aromatic N) is 1. The molecule has 3 aliphatic heterocycles. The van der Waals surface area contributed by atoms with Crippen LogP contribution < -0.4 is 10.6 Å². The number of hydrogen-bond donors (Lipinski definition) is 2. The molecule has 29 heavy (non-hydrogen) atoms. The van der Waals surface area contributed by atoms with Crippen molar-refractivity contribution in [2.45, 2.75) is 48.6 Å². The summed E-state index contributed by atoms with van der Waals surface area (Å²) in [6, 6.07) is 16.1. The van der Waals surface area contributed by atoms with Crippen LogP contribution in [0.25, 0.3) is 0 Å². The molecule has 2 amide bonds. The van der Waals surface area contributed by atoms with Crippen LogP contribution in [0, 0.1) is 5.92 Å². The van der Waals surface area contributed by atoms with Gasteiger partial charge < -0.3 is 10.6 Å². The van der Waals surface area contributed by atoms with Gasteiger partial charge in [0.25, 0.3) is 5.91 Å². The maximum absolute atomic E-state index is 12.8. The maximum Gasteiger partial charge on any atom is 0.251 e. The number of rotatable bonds is 5. The standard InChI is InChI=1S/C23H27N3O2S/c1-15-22(17-10-12-26(15)13-11-17)25-23(28)18-6-8-20(9-7-18)29-21-5-3-4-19(14-21)24-16(2)27/h3-9,14-15,17,22H,10-13H2,1-2H3,(H,24,27)(H,25,28)/t15-,22-/m0/s1. The Bertz CT molecular complexity index is 889. The van der Waals surface area contributed by atoms with Gasteiger partial charge in [0.2, 0.25) is 5.91 Å². The van der Waals surface area contributed by atoms with Crippen LogP contribution in [-0.4, -0.2) is 41.9 Å². The molecule has 3 fully saturated rings. The fourth-order valence-electron chi connectivity index (χ4n) is 4.43. The zero-order valence-corrected chi connectivity index (χ0v) is 17.7. The minimum atomic E-state index is -0.0835. The van der Waals surface area contributed by atoms with Gasteiger partial charge in [-0.2, -0.15) is 0 Å². The van der Waals surface area contributed by atoms with Crippen molar-refractivity contribution in [3.8, 4) is 0 Å². The van der Waals surface area contributed by atoms with Gasteiger partial charge in [-0.05, 0) is 81.2 Å². The predicted molar refractivity (Wildman–Crippen MR) is 116 cm³/mol. The summed E-state index contributed by atoms with van der Waals surface area (Å²) in [5, 5.41) is 6.08. The third-order valence-electron chi connectivity index (χ3n) is 5.98. The minimum absolute atomic E-state index is 0.0137. The Balaban J connectivity index is 1.39. The second-order valence-electron chi connectivity index (χ2n) is 7.95. The summed E-state index contributed by atoms with van der Waals surface area (Å²) in [4.78, 5) is 28.6. The molecule has 6 heteroatoms. The third-order valence-corrected chi connectivity index (χ3v) is 6.98. The van der Waals surface area contributed by atoms with E-state index in [9.17, 15) is 9.59 Å². The minimum Gasteiger partial charge on any atom is -0.347 e. The number of benzene rings is 2. The van der Waals surface area contributed by atoms with Crippen LogP contribution in [-0.2, 0) is 4.79 Å². The molecule has 3 aliphatic rings. The van der Waals surface area contributed by atoms with Gasteiger partial charge in [-0.1, -0.05) is 17.8 Å². The smallest absolute Gasteiger partial charge is 0.251 e. The van der Waals surface area contributed by atoms with Gasteiger partial charge in [-0.3, -0.25) is 14.5 Å². The average Bonchev–Trinajstić information content (AvgIpc) is 2.71. The largest absolute Gasteiger partial charge is 0.347 e. The number of fused-ring (bicyclic) bond motifs is 3. The molecule has 0 unspecified atom stereocenters. The Labute approximate surface area is 176 Å². The molecule has 2 aromatic carbocycles. The van der Waals surface area contributed by atoms with E-state index in [-0.39, 0.29) is 17.9 Å². The highest BCUT2D eigenvalue weighted by molar-refractivity contribution is 7.99. The van der Waals surface area contributed by atoms with Gasteiger partial charge >= 0.3 is 0 Å². The van der Waals surface area contributed by atoms with Crippen LogP contribution >= 0.6 is 11.8 Å². The van der Waals surface area contributed by atoms with E-state index >= 15 is 0 Å². The number of carbonyl (C=O) groups excluding carboxylic acids is 2. The van der Waals surface area contributed by atoms with Gasteiger partial charge in [-0.25, -0.2) is 0 Å². The summed E-state index contributed by atoms with van der Waals surface area (Å²) in [5.74, 6) is 0.532. The van der Waals surface area contributed by atoms with E-state index in [4.69, 9.17) is 0 Å². The number of anilines is 1. The molecule has 0 aromatic heterocycles. The van der Waals surface area contributed by atoms with Crippen LogP contribution in [0.3, 0.4) is 0 Å².